The standard InChI is InChI=1S/C21H26N4O4/c1-3-23-9-8-19-18(13-23)24(10-11-29-19)20(26)15-4-6-16(7-5-15)25-14(2)17(12-22-25)21(27)28/h4-7,12,18-19H,3,8-11,13H2,1-2H3,(H,27,28)/t18-,19+/m0/s1. The molecule has 4 rings (SSSR count). The summed E-state index contributed by atoms with van der Waals surface area (Å²) < 4.78 is 7.49. The Hall–Kier alpha value is -2.71. The number of rotatable bonds is 4. The van der Waals surface area contributed by atoms with Crippen LogP contribution in [-0.2, 0) is 4.74 Å². The number of piperidine rings is 1. The zero-order chi connectivity index (χ0) is 20.5. The van der Waals surface area contributed by atoms with Crippen LogP contribution in [0, 0.1) is 6.92 Å². The number of nitrogens with zero attached hydrogens (tertiary/aromatic N) is 4. The van der Waals surface area contributed by atoms with Gasteiger partial charge < -0.3 is 19.6 Å². The lowest BCUT2D eigenvalue weighted by Gasteiger charge is -2.47. The number of aromatic nitrogens is 2. The molecule has 8 heteroatoms. The summed E-state index contributed by atoms with van der Waals surface area (Å²) in [5.41, 5.74) is 2.06. The average molecular weight is 398 g/mol. The normalized spacial score (nSPS) is 22.3. The minimum Gasteiger partial charge on any atom is -0.478 e. The highest BCUT2D eigenvalue weighted by molar-refractivity contribution is 5.94. The molecule has 8 nitrogen and oxygen atoms in total. The first-order valence-corrected chi connectivity index (χ1v) is 10.0. The Morgan fingerprint density at radius 1 is 1.24 bits per heavy atom. The van der Waals surface area contributed by atoms with Crippen LogP contribution in [0.3, 0.4) is 0 Å². The number of likely N-dealkylation sites (tertiary alicyclic amines) is 1. The average Bonchev–Trinajstić information content (AvgIpc) is 3.14. The van der Waals surface area contributed by atoms with Crippen molar-refractivity contribution in [1.82, 2.24) is 19.6 Å². The van der Waals surface area contributed by atoms with Gasteiger partial charge in [0.05, 0.1) is 36.3 Å². The van der Waals surface area contributed by atoms with E-state index in [0.717, 1.165) is 31.7 Å². The van der Waals surface area contributed by atoms with E-state index in [2.05, 4.69) is 16.9 Å². The third-order valence-corrected chi connectivity index (χ3v) is 5.98. The second kappa shape index (κ2) is 7.96. The van der Waals surface area contributed by atoms with E-state index in [1.54, 1.807) is 35.9 Å². The van der Waals surface area contributed by atoms with Crippen LogP contribution in [-0.4, -0.2) is 81.5 Å². The predicted octanol–water partition coefficient (Wildman–Crippen LogP) is 1.81. The highest BCUT2D eigenvalue weighted by Crippen LogP contribution is 2.25. The van der Waals surface area contributed by atoms with Crippen LogP contribution < -0.4 is 0 Å². The van der Waals surface area contributed by atoms with Crippen LogP contribution in [0.1, 0.15) is 39.8 Å². The Labute approximate surface area is 169 Å². The summed E-state index contributed by atoms with van der Waals surface area (Å²) in [5, 5.41) is 13.4. The third kappa shape index (κ3) is 3.65. The van der Waals surface area contributed by atoms with E-state index in [-0.39, 0.29) is 23.6 Å². The largest absolute Gasteiger partial charge is 0.478 e. The number of benzene rings is 1. The van der Waals surface area contributed by atoms with E-state index in [1.807, 2.05) is 4.90 Å². The molecule has 2 atom stereocenters. The van der Waals surface area contributed by atoms with E-state index in [4.69, 9.17) is 4.74 Å². The molecule has 2 aliphatic heterocycles. The zero-order valence-corrected chi connectivity index (χ0v) is 16.7. The maximum absolute atomic E-state index is 13.2. The summed E-state index contributed by atoms with van der Waals surface area (Å²) in [5.74, 6) is -0.993. The Balaban J connectivity index is 1.54. The topological polar surface area (TPSA) is 87.9 Å². The highest BCUT2D eigenvalue weighted by atomic mass is 16.5. The Morgan fingerprint density at radius 2 is 2.00 bits per heavy atom. The predicted molar refractivity (Wildman–Crippen MR) is 107 cm³/mol. The molecule has 1 aromatic carbocycles. The lowest BCUT2D eigenvalue weighted by Crippen LogP contribution is -2.61. The molecule has 1 amide bonds. The van der Waals surface area contributed by atoms with Gasteiger partial charge in [0.1, 0.15) is 5.56 Å². The molecule has 29 heavy (non-hydrogen) atoms. The van der Waals surface area contributed by atoms with E-state index in [0.29, 0.717) is 24.4 Å². The number of ether oxygens (including phenoxy) is 1. The Bertz CT molecular complexity index is 908. The van der Waals surface area contributed by atoms with Crippen LogP contribution in [0.25, 0.3) is 5.69 Å². The van der Waals surface area contributed by atoms with Gasteiger partial charge in [-0.3, -0.25) is 4.79 Å². The molecule has 0 unspecified atom stereocenters. The monoisotopic (exact) mass is 398 g/mol. The van der Waals surface area contributed by atoms with Gasteiger partial charge in [-0.2, -0.15) is 5.10 Å². The zero-order valence-electron chi connectivity index (χ0n) is 16.7. The summed E-state index contributed by atoms with van der Waals surface area (Å²) in [6, 6.07) is 7.25. The van der Waals surface area contributed by atoms with Crippen molar-refractivity contribution < 1.29 is 19.4 Å². The number of carbonyl (C=O) groups is 2. The van der Waals surface area contributed by atoms with Crippen molar-refractivity contribution in [2.24, 2.45) is 0 Å². The molecule has 154 valence electrons. The van der Waals surface area contributed by atoms with Crippen molar-refractivity contribution in [2.45, 2.75) is 32.4 Å². The van der Waals surface area contributed by atoms with Gasteiger partial charge in [-0.1, -0.05) is 6.92 Å². The molecule has 0 spiro atoms. The summed E-state index contributed by atoms with van der Waals surface area (Å²) in [7, 11) is 0. The molecular weight excluding hydrogens is 372 g/mol. The van der Waals surface area contributed by atoms with Crippen LogP contribution in [0.2, 0.25) is 0 Å². The van der Waals surface area contributed by atoms with Gasteiger partial charge in [0.2, 0.25) is 0 Å². The fourth-order valence-corrected chi connectivity index (χ4v) is 4.27. The molecule has 2 aromatic rings. The van der Waals surface area contributed by atoms with Crippen molar-refractivity contribution in [1.29, 1.82) is 0 Å². The first-order valence-electron chi connectivity index (χ1n) is 10.0. The number of fused-ring (bicyclic) bond motifs is 1. The summed E-state index contributed by atoms with van der Waals surface area (Å²) in [6.45, 7) is 7.85. The summed E-state index contributed by atoms with van der Waals surface area (Å²) in [4.78, 5) is 28.7. The number of likely N-dealkylation sites (N-methyl/N-ethyl adjacent to an activating group) is 1. The molecule has 0 saturated carbocycles. The van der Waals surface area contributed by atoms with Crippen LogP contribution >= 0.6 is 0 Å². The number of hydrogen-bond donors (Lipinski definition) is 1. The highest BCUT2D eigenvalue weighted by Gasteiger charge is 2.39. The van der Waals surface area contributed by atoms with Crippen LogP contribution in [0.15, 0.2) is 30.5 Å². The van der Waals surface area contributed by atoms with Gasteiger partial charge in [-0.05, 0) is 44.2 Å². The maximum atomic E-state index is 13.2. The first kappa shape index (κ1) is 19.6. The van der Waals surface area contributed by atoms with Gasteiger partial charge in [-0.25, -0.2) is 9.48 Å². The van der Waals surface area contributed by atoms with E-state index < -0.39 is 5.97 Å². The lowest BCUT2D eigenvalue weighted by molar-refractivity contribution is -0.0896. The number of morpholine rings is 1. The lowest BCUT2D eigenvalue weighted by atomic mass is 9.97. The van der Waals surface area contributed by atoms with Crippen molar-refractivity contribution in [3.05, 3.63) is 47.3 Å². The first-order chi connectivity index (χ1) is 14.0. The molecule has 0 radical (unpaired) electrons. The van der Waals surface area contributed by atoms with Crippen molar-refractivity contribution >= 4 is 11.9 Å². The Morgan fingerprint density at radius 3 is 2.66 bits per heavy atom. The SMILES string of the molecule is CCN1CC[C@H]2OCCN(C(=O)c3ccc(-n4ncc(C(=O)O)c4C)cc3)[C@H]2C1. The molecule has 3 heterocycles. The number of carboxylic acids is 1. The Kier molecular flexibility index (Phi) is 5.38. The van der Waals surface area contributed by atoms with Crippen molar-refractivity contribution in [3.8, 4) is 5.69 Å². The summed E-state index contributed by atoms with van der Waals surface area (Å²) >= 11 is 0. The van der Waals surface area contributed by atoms with Crippen molar-refractivity contribution in [3.63, 3.8) is 0 Å². The second-order valence-corrected chi connectivity index (χ2v) is 7.56. The van der Waals surface area contributed by atoms with E-state index >= 15 is 0 Å². The number of aromatic carboxylic acids is 1. The number of amides is 1. The minimum atomic E-state index is -1.00. The molecule has 2 fully saturated rings. The molecule has 0 aliphatic carbocycles. The van der Waals surface area contributed by atoms with Crippen LogP contribution in [0.4, 0.5) is 0 Å². The summed E-state index contributed by atoms with van der Waals surface area (Å²) in [6.07, 6.45) is 2.40. The van der Waals surface area contributed by atoms with Gasteiger partial charge in [0, 0.05) is 25.2 Å². The van der Waals surface area contributed by atoms with Gasteiger partial charge in [-0.15, -0.1) is 0 Å². The fraction of sp³-hybridized carbons (Fsp3) is 0.476. The smallest absolute Gasteiger partial charge is 0.339 e. The molecule has 2 saturated heterocycles. The van der Waals surface area contributed by atoms with E-state index in [1.165, 1.54) is 6.20 Å². The number of hydrogen-bond acceptors (Lipinski definition) is 5. The maximum Gasteiger partial charge on any atom is 0.339 e. The van der Waals surface area contributed by atoms with Gasteiger partial charge >= 0.3 is 5.97 Å². The molecular formula is C21H26N4O4. The van der Waals surface area contributed by atoms with E-state index in [9.17, 15) is 14.7 Å². The van der Waals surface area contributed by atoms with Gasteiger partial charge in [0.25, 0.3) is 5.91 Å². The molecule has 0 bridgehead atoms. The van der Waals surface area contributed by atoms with Gasteiger partial charge in [0.15, 0.2) is 0 Å². The number of carboxylic acid groups (broad SMARTS) is 1. The third-order valence-electron chi connectivity index (χ3n) is 5.98. The number of carbonyl (C=O) groups excluding carboxylic acids is 1. The molecule has 1 aromatic heterocycles. The van der Waals surface area contributed by atoms with Crippen LogP contribution in [0.5, 0.6) is 0 Å². The quantitative estimate of drug-likeness (QED) is 0.845. The molecule has 2 aliphatic rings. The van der Waals surface area contributed by atoms with Crippen molar-refractivity contribution in [2.75, 3.05) is 32.8 Å². The second-order valence-electron chi connectivity index (χ2n) is 7.56. The minimum absolute atomic E-state index is 0.0104. The fourth-order valence-electron chi connectivity index (χ4n) is 4.27. The molecule has 1 N–H and O–H groups in total.